The van der Waals surface area contributed by atoms with Crippen LogP contribution in [0.5, 0.6) is 0 Å². The van der Waals surface area contributed by atoms with E-state index in [4.69, 9.17) is 0 Å². The van der Waals surface area contributed by atoms with Crippen LogP contribution in [0, 0.1) is 12.8 Å². The number of amides is 1. The quantitative estimate of drug-likeness (QED) is 0.699. The molecule has 2 heterocycles. The van der Waals surface area contributed by atoms with E-state index in [9.17, 15) is 19.8 Å². The summed E-state index contributed by atoms with van der Waals surface area (Å²) in [5.41, 5.74) is 1.04. The first-order valence-electron chi connectivity index (χ1n) is 10.8. The molecule has 1 aromatic heterocycles. The Hall–Kier alpha value is -2.18. The van der Waals surface area contributed by atoms with Gasteiger partial charge < -0.3 is 15.1 Å². The zero-order valence-corrected chi connectivity index (χ0v) is 18.4. The molecule has 5 nitrogen and oxygen atoms in total. The van der Waals surface area contributed by atoms with Gasteiger partial charge in [0.1, 0.15) is 10.5 Å². The normalized spacial score (nSPS) is 25.5. The van der Waals surface area contributed by atoms with Crippen molar-refractivity contribution in [1.29, 1.82) is 0 Å². The number of benzene rings is 1. The lowest BCUT2D eigenvalue weighted by Gasteiger charge is -2.46. The van der Waals surface area contributed by atoms with Crippen LogP contribution in [0.2, 0.25) is 0 Å². The molecule has 4 rings (SSSR count). The lowest BCUT2D eigenvalue weighted by molar-refractivity contribution is -0.139. The van der Waals surface area contributed by atoms with E-state index in [0.29, 0.717) is 24.4 Å². The molecule has 6 heteroatoms. The van der Waals surface area contributed by atoms with Crippen molar-refractivity contribution in [3.8, 4) is 10.4 Å². The summed E-state index contributed by atoms with van der Waals surface area (Å²) in [7, 11) is 0. The van der Waals surface area contributed by atoms with Crippen LogP contribution < -0.4 is 4.90 Å². The highest BCUT2D eigenvalue weighted by atomic mass is 32.1. The molecular formula is C24H29NO4S. The summed E-state index contributed by atoms with van der Waals surface area (Å²) in [5, 5.41) is 20.7. The monoisotopic (exact) mass is 427 g/mol. The van der Waals surface area contributed by atoms with E-state index in [1.54, 1.807) is 11.8 Å². The third kappa shape index (κ3) is 3.91. The summed E-state index contributed by atoms with van der Waals surface area (Å²) in [6.45, 7) is 3.56. The maximum atomic E-state index is 13.4. The lowest BCUT2D eigenvalue weighted by Crippen LogP contribution is -2.58. The van der Waals surface area contributed by atoms with Crippen LogP contribution in [0.1, 0.15) is 67.1 Å². The number of anilines is 1. The van der Waals surface area contributed by atoms with Gasteiger partial charge in [-0.25, -0.2) is 4.79 Å². The number of aliphatic hydroxyl groups is 1. The fourth-order valence-electron chi connectivity index (χ4n) is 4.90. The molecule has 1 aliphatic heterocycles. The SMILES string of the molecule is Cc1ccc(-c2cc(N3C(=O)C(C)(O)CCC3C3CCCCC3)c(C(=O)O)s2)cc1. The maximum absolute atomic E-state index is 13.4. The van der Waals surface area contributed by atoms with E-state index in [1.807, 2.05) is 37.3 Å². The minimum atomic E-state index is -1.47. The zero-order chi connectivity index (χ0) is 21.5. The molecule has 1 saturated carbocycles. The summed E-state index contributed by atoms with van der Waals surface area (Å²) in [6.07, 6.45) is 6.71. The Kier molecular flexibility index (Phi) is 5.73. The first-order valence-corrected chi connectivity index (χ1v) is 11.6. The van der Waals surface area contributed by atoms with E-state index >= 15 is 0 Å². The van der Waals surface area contributed by atoms with Crippen LogP contribution in [-0.2, 0) is 4.79 Å². The second kappa shape index (κ2) is 8.16. The largest absolute Gasteiger partial charge is 0.477 e. The zero-order valence-electron chi connectivity index (χ0n) is 17.6. The van der Waals surface area contributed by atoms with Gasteiger partial charge in [-0.3, -0.25) is 4.79 Å². The molecule has 2 unspecified atom stereocenters. The number of carboxylic acids is 1. The summed E-state index contributed by atoms with van der Waals surface area (Å²) >= 11 is 1.20. The van der Waals surface area contributed by atoms with Gasteiger partial charge >= 0.3 is 5.97 Å². The molecule has 2 atom stereocenters. The Labute approximate surface area is 181 Å². The first-order chi connectivity index (χ1) is 14.3. The number of carbonyl (C=O) groups is 2. The summed E-state index contributed by atoms with van der Waals surface area (Å²) in [5.74, 6) is -1.06. The lowest BCUT2D eigenvalue weighted by atomic mass is 9.77. The second-order valence-corrected chi connectivity index (χ2v) is 10.0. The Morgan fingerprint density at radius 1 is 1.13 bits per heavy atom. The first kappa shape index (κ1) is 21.1. The predicted octanol–water partition coefficient (Wildman–Crippen LogP) is 5.25. The molecule has 0 radical (unpaired) electrons. The van der Waals surface area contributed by atoms with Gasteiger partial charge in [0.05, 0.1) is 5.69 Å². The van der Waals surface area contributed by atoms with Crippen molar-refractivity contribution in [2.45, 2.75) is 70.4 Å². The third-order valence-electron chi connectivity index (χ3n) is 6.63. The Morgan fingerprint density at radius 3 is 2.43 bits per heavy atom. The molecule has 1 aliphatic carbocycles. The molecular weight excluding hydrogens is 398 g/mol. The van der Waals surface area contributed by atoms with Crippen molar-refractivity contribution in [3.05, 3.63) is 40.8 Å². The van der Waals surface area contributed by atoms with Gasteiger partial charge in [0.15, 0.2) is 0 Å². The number of carboxylic acid groups (broad SMARTS) is 1. The average molecular weight is 428 g/mol. The fourth-order valence-corrected chi connectivity index (χ4v) is 5.90. The molecule has 2 aliphatic rings. The van der Waals surface area contributed by atoms with Crippen LogP contribution in [-0.4, -0.2) is 33.7 Å². The van der Waals surface area contributed by atoms with Crippen LogP contribution in [0.15, 0.2) is 30.3 Å². The van der Waals surface area contributed by atoms with Gasteiger partial charge in [0.2, 0.25) is 0 Å². The van der Waals surface area contributed by atoms with Crippen molar-refractivity contribution < 1.29 is 19.8 Å². The number of thiophene rings is 1. The predicted molar refractivity (Wildman–Crippen MR) is 119 cm³/mol. The number of carbonyl (C=O) groups excluding carboxylic acids is 1. The van der Waals surface area contributed by atoms with Crippen LogP contribution >= 0.6 is 11.3 Å². The number of piperidine rings is 1. The highest BCUT2D eigenvalue weighted by molar-refractivity contribution is 7.18. The van der Waals surface area contributed by atoms with E-state index in [1.165, 1.54) is 17.8 Å². The smallest absolute Gasteiger partial charge is 0.348 e. The molecule has 160 valence electrons. The van der Waals surface area contributed by atoms with Crippen molar-refractivity contribution in [2.75, 3.05) is 4.90 Å². The topological polar surface area (TPSA) is 77.8 Å². The van der Waals surface area contributed by atoms with E-state index in [0.717, 1.165) is 41.7 Å². The third-order valence-corrected chi connectivity index (χ3v) is 7.80. The summed E-state index contributed by atoms with van der Waals surface area (Å²) in [6, 6.07) is 9.71. The van der Waals surface area contributed by atoms with Crippen LogP contribution in [0.3, 0.4) is 0 Å². The van der Waals surface area contributed by atoms with Gasteiger partial charge in [0.25, 0.3) is 5.91 Å². The molecule has 2 fully saturated rings. The van der Waals surface area contributed by atoms with E-state index < -0.39 is 11.6 Å². The standard InChI is InChI=1S/C24H29NO4S/c1-15-8-10-17(11-9-15)20-14-19(21(30-20)22(26)27)25-18(16-6-4-3-5-7-16)12-13-24(2,29)23(25)28/h8-11,14,16,18,29H,3-7,12-13H2,1-2H3,(H,26,27). The summed E-state index contributed by atoms with van der Waals surface area (Å²) < 4.78 is 0. The Morgan fingerprint density at radius 2 is 1.80 bits per heavy atom. The average Bonchev–Trinajstić information content (AvgIpc) is 3.16. The molecule has 30 heavy (non-hydrogen) atoms. The van der Waals surface area contributed by atoms with Crippen molar-refractivity contribution in [2.24, 2.45) is 5.92 Å². The van der Waals surface area contributed by atoms with Crippen molar-refractivity contribution in [3.63, 3.8) is 0 Å². The number of rotatable bonds is 4. The Bertz CT molecular complexity index is 941. The van der Waals surface area contributed by atoms with Crippen molar-refractivity contribution in [1.82, 2.24) is 0 Å². The summed E-state index contributed by atoms with van der Waals surface area (Å²) in [4.78, 5) is 28.1. The number of aryl methyl sites for hydroxylation is 1. The number of hydrogen-bond donors (Lipinski definition) is 2. The van der Waals surface area contributed by atoms with Gasteiger partial charge in [-0.1, -0.05) is 49.1 Å². The Balaban J connectivity index is 1.80. The molecule has 0 spiro atoms. The van der Waals surface area contributed by atoms with E-state index in [-0.39, 0.29) is 16.8 Å². The molecule has 1 aromatic carbocycles. The number of hydrogen-bond acceptors (Lipinski definition) is 4. The maximum Gasteiger partial charge on any atom is 0.348 e. The van der Waals surface area contributed by atoms with Crippen LogP contribution in [0.25, 0.3) is 10.4 Å². The van der Waals surface area contributed by atoms with E-state index in [2.05, 4.69) is 0 Å². The molecule has 2 N–H and O–H groups in total. The molecule has 0 bridgehead atoms. The molecule has 1 saturated heterocycles. The number of nitrogens with zero attached hydrogens (tertiary/aromatic N) is 1. The van der Waals surface area contributed by atoms with Crippen LogP contribution in [0.4, 0.5) is 5.69 Å². The minimum Gasteiger partial charge on any atom is -0.477 e. The fraction of sp³-hybridized carbons (Fsp3) is 0.500. The van der Waals surface area contributed by atoms with Gasteiger partial charge in [0, 0.05) is 10.9 Å². The number of aromatic carboxylic acids is 1. The van der Waals surface area contributed by atoms with Crippen molar-refractivity contribution >= 4 is 28.9 Å². The van der Waals surface area contributed by atoms with Gasteiger partial charge in [-0.2, -0.15) is 0 Å². The highest BCUT2D eigenvalue weighted by Gasteiger charge is 2.47. The minimum absolute atomic E-state index is 0.0587. The molecule has 2 aromatic rings. The highest BCUT2D eigenvalue weighted by Crippen LogP contribution is 2.44. The molecule has 1 amide bonds. The van der Waals surface area contributed by atoms with Gasteiger partial charge in [-0.15, -0.1) is 11.3 Å². The second-order valence-electron chi connectivity index (χ2n) is 8.95. The van der Waals surface area contributed by atoms with Gasteiger partial charge in [-0.05, 0) is 57.1 Å².